The summed E-state index contributed by atoms with van der Waals surface area (Å²) in [6, 6.07) is 16.0. The lowest BCUT2D eigenvalue weighted by Crippen LogP contribution is -2.53. The zero-order chi connectivity index (χ0) is 41.6. The monoisotopic (exact) mass is 813 g/mol. The predicted octanol–water partition coefficient (Wildman–Crippen LogP) is 3.06. The van der Waals surface area contributed by atoms with E-state index in [9.17, 15) is 37.1 Å². The minimum atomic E-state index is -4.74. The van der Waals surface area contributed by atoms with E-state index in [0.29, 0.717) is 23.8 Å². The van der Waals surface area contributed by atoms with Gasteiger partial charge < -0.3 is 16.0 Å². The number of imide groups is 1. The summed E-state index contributed by atoms with van der Waals surface area (Å²) in [5.74, 6) is -2.66. The van der Waals surface area contributed by atoms with E-state index >= 15 is 0 Å². The normalized spacial score (nSPS) is 18.6. The number of para-hydroxylation sites is 1. The lowest BCUT2D eigenvalue weighted by Gasteiger charge is -2.43. The Labute approximate surface area is 335 Å². The topological polar surface area (TPSA) is 186 Å². The van der Waals surface area contributed by atoms with Crippen molar-refractivity contribution in [3.05, 3.63) is 100.0 Å². The highest BCUT2D eigenvalue weighted by Gasteiger charge is 2.34. The average molecular weight is 814 g/mol. The molecule has 308 valence electrons. The molecule has 3 fully saturated rings. The molecular formula is C40H42F3N11O5. The molecule has 0 bridgehead atoms. The fourth-order valence-corrected chi connectivity index (χ4v) is 8.41. The highest BCUT2D eigenvalue weighted by atomic mass is 19.4. The molecule has 2 aromatic carbocycles. The summed E-state index contributed by atoms with van der Waals surface area (Å²) in [6.07, 6.45) is -0.863. The van der Waals surface area contributed by atoms with Crippen molar-refractivity contribution in [1.82, 2.24) is 39.0 Å². The van der Waals surface area contributed by atoms with Crippen LogP contribution in [0.5, 0.6) is 0 Å². The SMILES string of the molecule is Cn1c(=O)n(C2CCC(=O)NC2=O)c2cccc(CN3CCC(N4CCN(c5ccc(-n6cc(NC(=O)c7cccc(C(F)(F)F)n7)c(C(N)=O)n6)cc5)CC4)CC3)c21. The Bertz CT molecular complexity index is 2500. The third kappa shape index (κ3) is 7.94. The Hall–Kier alpha value is -6.34. The number of nitrogens with zero attached hydrogens (tertiary/aromatic N) is 8. The van der Waals surface area contributed by atoms with Crippen LogP contribution in [0.4, 0.5) is 24.5 Å². The van der Waals surface area contributed by atoms with E-state index in [0.717, 1.165) is 87.1 Å². The number of amides is 4. The minimum Gasteiger partial charge on any atom is -0.369 e. The first-order chi connectivity index (χ1) is 28.2. The van der Waals surface area contributed by atoms with Crippen molar-refractivity contribution in [1.29, 1.82) is 0 Å². The number of aryl methyl sites for hydroxylation is 1. The molecule has 19 heteroatoms. The number of primary amides is 1. The first-order valence-electron chi connectivity index (χ1n) is 19.3. The number of rotatable bonds is 9. The van der Waals surface area contributed by atoms with Crippen LogP contribution in [0.2, 0.25) is 0 Å². The number of piperidine rings is 2. The molecule has 4 N–H and O–H groups in total. The van der Waals surface area contributed by atoms with Crippen molar-refractivity contribution in [3.8, 4) is 5.69 Å². The summed E-state index contributed by atoms with van der Waals surface area (Å²) in [4.78, 5) is 73.4. The molecular weight excluding hydrogens is 772 g/mol. The summed E-state index contributed by atoms with van der Waals surface area (Å²) in [7, 11) is 1.73. The van der Waals surface area contributed by atoms with E-state index in [1.165, 1.54) is 15.4 Å². The van der Waals surface area contributed by atoms with Crippen LogP contribution >= 0.6 is 0 Å². The standard InChI is InChI=1S/C40H42F3N11O5/c1-49-35-24(4-2-6-30(35)54(39(49)59)31-12-13-33(55)47-38(31)58)22-50-16-14-26(15-17-50)52-20-18-51(19-21-52)25-8-10-27(11-9-25)53-23-29(34(48-53)36(44)56)46-37(57)28-5-3-7-32(45-28)40(41,42)43/h2-11,23,26,31H,12-22H2,1H3,(H2,44,56)(H,46,57)(H,47,55,58). The molecule has 3 aliphatic heterocycles. The second kappa shape index (κ2) is 15.8. The number of alkyl halides is 3. The maximum absolute atomic E-state index is 13.4. The zero-order valence-electron chi connectivity index (χ0n) is 32.1. The lowest BCUT2D eigenvalue weighted by atomic mass is 10.0. The number of pyridine rings is 1. The van der Waals surface area contributed by atoms with E-state index < -0.39 is 41.3 Å². The molecule has 16 nitrogen and oxygen atoms in total. The van der Waals surface area contributed by atoms with Crippen LogP contribution in [-0.2, 0) is 29.4 Å². The van der Waals surface area contributed by atoms with Crippen LogP contribution in [0.3, 0.4) is 0 Å². The first-order valence-corrected chi connectivity index (χ1v) is 19.3. The maximum Gasteiger partial charge on any atom is 0.433 e. The van der Waals surface area contributed by atoms with Crippen molar-refractivity contribution in [2.24, 2.45) is 12.8 Å². The van der Waals surface area contributed by atoms with Gasteiger partial charge in [-0.05, 0) is 80.4 Å². The van der Waals surface area contributed by atoms with Gasteiger partial charge in [-0.3, -0.25) is 43.4 Å². The Morgan fingerprint density at radius 1 is 0.898 bits per heavy atom. The summed E-state index contributed by atoms with van der Waals surface area (Å²) < 4.78 is 43.9. The van der Waals surface area contributed by atoms with E-state index in [4.69, 9.17) is 5.73 Å². The summed E-state index contributed by atoms with van der Waals surface area (Å²) in [5, 5.41) is 9.00. The van der Waals surface area contributed by atoms with Crippen molar-refractivity contribution in [2.45, 2.75) is 50.5 Å². The molecule has 0 radical (unpaired) electrons. The van der Waals surface area contributed by atoms with Crippen LogP contribution in [0, 0.1) is 0 Å². The number of hydrogen-bond acceptors (Lipinski definition) is 10. The van der Waals surface area contributed by atoms with E-state index in [1.54, 1.807) is 11.6 Å². The third-order valence-corrected chi connectivity index (χ3v) is 11.4. The molecule has 0 saturated carbocycles. The zero-order valence-corrected chi connectivity index (χ0v) is 32.1. The molecule has 1 unspecified atom stereocenters. The van der Waals surface area contributed by atoms with Gasteiger partial charge in [-0.1, -0.05) is 18.2 Å². The smallest absolute Gasteiger partial charge is 0.369 e. The quantitative estimate of drug-likeness (QED) is 0.187. The van der Waals surface area contributed by atoms with Crippen molar-refractivity contribution < 1.29 is 32.3 Å². The highest BCUT2D eigenvalue weighted by molar-refractivity contribution is 6.07. The highest BCUT2D eigenvalue weighted by Crippen LogP contribution is 2.30. The van der Waals surface area contributed by atoms with Crippen molar-refractivity contribution in [2.75, 3.05) is 49.5 Å². The molecule has 8 rings (SSSR count). The van der Waals surface area contributed by atoms with Gasteiger partial charge in [0, 0.05) is 57.9 Å². The number of halogens is 3. The first kappa shape index (κ1) is 39.5. The fourth-order valence-electron chi connectivity index (χ4n) is 8.41. The number of likely N-dealkylation sites (tertiary alicyclic amines) is 1. The molecule has 6 heterocycles. The molecule has 0 aliphatic carbocycles. The number of nitrogens with two attached hydrogens (primary N) is 1. The van der Waals surface area contributed by atoms with Crippen LogP contribution in [0.1, 0.15) is 64.0 Å². The Balaban J connectivity index is 0.856. The lowest BCUT2D eigenvalue weighted by molar-refractivity contribution is -0.141. The molecule has 0 spiro atoms. The number of piperazine rings is 1. The molecule has 5 aromatic rings. The number of imidazole rings is 1. The van der Waals surface area contributed by atoms with Crippen LogP contribution in [-0.4, -0.2) is 103 Å². The van der Waals surface area contributed by atoms with Gasteiger partial charge in [-0.15, -0.1) is 0 Å². The number of carbonyl (C=O) groups is 4. The van der Waals surface area contributed by atoms with Gasteiger partial charge in [0.25, 0.3) is 11.8 Å². The predicted molar refractivity (Wildman–Crippen MR) is 210 cm³/mol. The Morgan fingerprint density at radius 2 is 1.59 bits per heavy atom. The largest absolute Gasteiger partial charge is 0.433 e. The second-order valence-corrected chi connectivity index (χ2v) is 15.1. The number of fused-ring (bicyclic) bond motifs is 1. The summed E-state index contributed by atoms with van der Waals surface area (Å²) >= 11 is 0. The van der Waals surface area contributed by atoms with Gasteiger partial charge >= 0.3 is 11.9 Å². The number of benzene rings is 2. The van der Waals surface area contributed by atoms with Crippen molar-refractivity contribution >= 4 is 46.0 Å². The van der Waals surface area contributed by atoms with Crippen LogP contribution in [0.15, 0.2) is 71.7 Å². The van der Waals surface area contributed by atoms with E-state index in [-0.39, 0.29) is 35.8 Å². The fraction of sp³-hybridized carbons (Fsp3) is 0.375. The Morgan fingerprint density at radius 3 is 2.27 bits per heavy atom. The number of aromatic nitrogens is 5. The molecule has 59 heavy (non-hydrogen) atoms. The summed E-state index contributed by atoms with van der Waals surface area (Å²) in [5.41, 5.74) is 7.29. The molecule has 3 aliphatic rings. The maximum atomic E-state index is 13.4. The third-order valence-electron chi connectivity index (χ3n) is 11.4. The number of carbonyl (C=O) groups excluding carboxylic acids is 4. The van der Waals surface area contributed by atoms with E-state index in [2.05, 4.69) is 35.4 Å². The van der Waals surface area contributed by atoms with Gasteiger partial charge in [-0.25, -0.2) is 14.5 Å². The van der Waals surface area contributed by atoms with Gasteiger partial charge in [0.2, 0.25) is 11.8 Å². The van der Waals surface area contributed by atoms with Gasteiger partial charge in [-0.2, -0.15) is 18.3 Å². The number of hydrogen-bond donors (Lipinski definition) is 3. The van der Waals surface area contributed by atoms with E-state index in [1.807, 2.05) is 42.5 Å². The summed E-state index contributed by atoms with van der Waals surface area (Å²) in [6.45, 7) is 5.93. The van der Waals surface area contributed by atoms with Gasteiger partial charge in [0.05, 0.1) is 28.6 Å². The van der Waals surface area contributed by atoms with Gasteiger partial charge in [0.15, 0.2) is 5.69 Å². The van der Waals surface area contributed by atoms with Crippen molar-refractivity contribution in [3.63, 3.8) is 0 Å². The number of nitrogens with one attached hydrogen (secondary N) is 2. The van der Waals surface area contributed by atoms with Crippen LogP contribution in [0.25, 0.3) is 16.7 Å². The van der Waals surface area contributed by atoms with Gasteiger partial charge in [0.1, 0.15) is 17.4 Å². The molecule has 4 amide bonds. The minimum absolute atomic E-state index is 0.0706. The second-order valence-electron chi connectivity index (χ2n) is 15.1. The molecule has 3 saturated heterocycles. The molecule has 1 atom stereocenters. The molecule has 3 aromatic heterocycles. The average Bonchev–Trinajstić information content (AvgIpc) is 3.76. The van der Waals surface area contributed by atoms with Crippen LogP contribution < -0.4 is 27.0 Å². The Kier molecular flexibility index (Phi) is 10.6. The number of anilines is 2.